The second kappa shape index (κ2) is 2.87. The van der Waals surface area contributed by atoms with E-state index in [0.29, 0.717) is 5.57 Å². The van der Waals surface area contributed by atoms with Gasteiger partial charge in [0.2, 0.25) is 0 Å². The number of hydrogen-bond acceptors (Lipinski definition) is 2. The summed E-state index contributed by atoms with van der Waals surface area (Å²) in [5.41, 5.74) is 1.12. The van der Waals surface area contributed by atoms with Gasteiger partial charge in [-0.25, -0.2) is 0 Å². The molecule has 2 heteroatoms. The van der Waals surface area contributed by atoms with Crippen molar-refractivity contribution in [2.75, 3.05) is 0 Å². The van der Waals surface area contributed by atoms with Crippen molar-refractivity contribution in [1.82, 2.24) is 0 Å². The summed E-state index contributed by atoms with van der Waals surface area (Å²) < 4.78 is 0. The van der Waals surface area contributed by atoms with Crippen molar-refractivity contribution in [3.63, 3.8) is 0 Å². The van der Waals surface area contributed by atoms with E-state index >= 15 is 0 Å². The second-order valence-electron chi connectivity index (χ2n) is 3.77. The number of aliphatic hydroxyl groups excluding tert-OH is 1. The average molecular weight is 166 g/mol. The average Bonchev–Trinajstić information content (AvgIpc) is 2.01. The standard InChI is InChI=1S/C10H14O2/c1-7-4-5-8(6-11)10(2,3)9(7)12/h4-6,9,12H,1-3H3/t9-/m0/s1. The summed E-state index contributed by atoms with van der Waals surface area (Å²) in [6.07, 6.45) is 3.84. The Morgan fingerprint density at radius 2 is 2.08 bits per heavy atom. The van der Waals surface area contributed by atoms with Gasteiger partial charge < -0.3 is 5.11 Å². The number of aliphatic hydroxyl groups is 1. The van der Waals surface area contributed by atoms with Crippen molar-refractivity contribution in [2.45, 2.75) is 26.9 Å². The minimum Gasteiger partial charge on any atom is -0.388 e. The Bertz CT molecular complexity index is 259. The third-order valence-electron chi connectivity index (χ3n) is 2.51. The first kappa shape index (κ1) is 9.20. The zero-order valence-corrected chi connectivity index (χ0v) is 7.66. The fourth-order valence-corrected chi connectivity index (χ4v) is 1.45. The van der Waals surface area contributed by atoms with Crippen LogP contribution in [-0.2, 0) is 4.79 Å². The summed E-state index contributed by atoms with van der Waals surface area (Å²) in [5, 5.41) is 9.74. The van der Waals surface area contributed by atoms with Gasteiger partial charge in [-0.1, -0.05) is 26.0 Å². The number of aldehydes is 1. The molecule has 12 heavy (non-hydrogen) atoms. The molecule has 1 aliphatic carbocycles. The molecule has 0 amide bonds. The third kappa shape index (κ3) is 1.23. The van der Waals surface area contributed by atoms with Crippen molar-refractivity contribution in [3.8, 4) is 0 Å². The number of allylic oxidation sites excluding steroid dienone is 2. The van der Waals surface area contributed by atoms with Crippen LogP contribution in [0.15, 0.2) is 23.3 Å². The lowest BCUT2D eigenvalue weighted by molar-refractivity contribution is -0.106. The highest BCUT2D eigenvalue weighted by Gasteiger charge is 2.34. The monoisotopic (exact) mass is 166 g/mol. The number of carbonyl (C=O) groups excluding carboxylic acids is 1. The summed E-state index contributed by atoms with van der Waals surface area (Å²) in [4.78, 5) is 10.6. The van der Waals surface area contributed by atoms with E-state index < -0.39 is 11.5 Å². The van der Waals surface area contributed by atoms with Gasteiger partial charge in [-0.15, -0.1) is 0 Å². The number of hydrogen-bond donors (Lipinski definition) is 1. The molecule has 0 aromatic carbocycles. The van der Waals surface area contributed by atoms with Gasteiger partial charge in [-0.2, -0.15) is 0 Å². The molecule has 1 aliphatic rings. The topological polar surface area (TPSA) is 37.3 Å². The van der Waals surface area contributed by atoms with E-state index in [9.17, 15) is 9.90 Å². The zero-order valence-electron chi connectivity index (χ0n) is 7.66. The molecule has 0 fully saturated rings. The van der Waals surface area contributed by atoms with Gasteiger partial charge in [0.15, 0.2) is 0 Å². The molecule has 0 radical (unpaired) electrons. The minimum absolute atomic E-state index is 0.444. The Balaban J connectivity index is 3.11. The van der Waals surface area contributed by atoms with Crippen LogP contribution in [0, 0.1) is 5.41 Å². The van der Waals surface area contributed by atoms with Gasteiger partial charge in [0.05, 0.1) is 6.10 Å². The Morgan fingerprint density at radius 3 is 2.58 bits per heavy atom. The summed E-state index contributed by atoms with van der Waals surface area (Å²) in [7, 11) is 0. The smallest absolute Gasteiger partial charge is 0.146 e. The Morgan fingerprint density at radius 1 is 1.50 bits per heavy atom. The highest BCUT2D eigenvalue weighted by Crippen LogP contribution is 2.35. The van der Waals surface area contributed by atoms with E-state index in [0.717, 1.165) is 11.9 Å². The largest absolute Gasteiger partial charge is 0.388 e. The van der Waals surface area contributed by atoms with E-state index in [1.807, 2.05) is 20.8 Å². The van der Waals surface area contributed by atoms with Crippen molar-refractivity contribution in [2.24, 2.45) is 5.41 Å². The molecule has 1 atom stereocenters. The maximum atomic E-state index is 10.6. The molecule has 0 unspecified atom stereocenters. The van der Waals surface area contributed by atoms with Gasteiger partial charge in [-0.3, -0.25) is 4.79 Å². The molecule has 1 N–H and O–H groups in total. The summed E-state index contributed by atoms with van der Waals surface area (Å²) in [6.45, 7) is 5.60. The normalized spacial score (nSPS) is 27.5. The van der Waals surface area contributed by atoms with Gasteiger partial charge in [0.25, 0.3) is 0 Å². The SMILES string of the molecule is CC1=CC=C(C=O)C(C)(C)[C@H]1O. The van der Waals surface area contributed by atoms with Gasteiger partial charge >= 0.3 is 0 Å². The van der Waals surface area contributed by atoms with E-state index in [-0.39, 0.29) is 0 Å². The van der Waals surface area contributed by atoms with Gasteiger partial charge in [0, 0.05) is 11.0 Å². The molecular formula is C10H14O2. The molecule has 0 aromatic heterocycles. The third-order valence-corrected chi connectivity index (χ3v) is 2.51. The molecule has 0 aliphatic heterocycles. The molecule has 0 saturated heterocycles. The molecule has 0 saturated carbocycles. The van der Waals surface area contributed by atoms with Gasteiger partial charge in [0.1, 0.15) is 6.29 Å². The first-order valence-electron chi connectivity index (χ1n) is 4.02. The predicted molar refractivity (Wildman–Crippen MR) is 47.7 cm³/mol. The first-order chi connectivity index (χ1) is 5.50. The van der Waals surface area contributed by atoms with Crippen LogP contribution in [0.1, 0.15) is 20.8 Å². The Labute approximate surface area is 72.6 Å². The lowest BCUT2D eigenvalue weighted by Gasteiger charge is -2.33. The molecule has 66 valence electrons. The molecule has 0 heterocycles. The molecule has 0 bridgehead atoms. The van der Waals surface area contributed by atoms with Crippen LogP contribution in [0.5, 0.6) is 0 Å². The van der Waals surface area contributed by atoms with Crippen LogP contribution in [0.2, 0.25) is 0 Å². The van der Waals surface area contributed by atoms with E-state index in [4.69, 9.17) is 0 Å². The minimum atomic E-state index is -0.539. The Kier molecular flexibility index (Phi) is 2.20. The summed E-state index contributed by atoms with van der Waals surface area (Å²) >= 11 is 0. The zero-order chi connectivity index (χ0) is 9.35. The van der Waals surface area contributed by atoms with E-state index in [2.05, 4.69) is 0 Å². The lowest BCUT2D eigenvalue weighted by atomic mass is 9.74. The van der Waals surface area contributed by atoms with E-state index in [1.54, 1.807) is 12.2 Å². The van der Waals surface area contributed by atoms with Crippen LogP contribution in [0.25, 0.3) is 0 Å². The summed E-state index contributed by atoms with van der Waals surface area (Å²) in [6, 6.07) is 0. The van der Waals surface area contributed by atoms with Crippen LogP contribution in [-0.4, -0.2) is 17.5 Å². The van der Waals surface area contributed by atoms with Crippen molar-refractivity contribution in [1.29, 1.82) is 0 Å². The fourth-order valence-electron chi connectivity index (χ4n) is 1.45. The highest BCUT2D eigenvalue weighted by molar-refractivity contribution is 5.77. The first-order valence-corrected chi connectivity index (χ1v) is 4.02. The second-order valence-corrected chi connectivity index (χ2v) is 3.77. The molecule has 0 aromatic rings. The maximum absolute atomic E-state index is 10.6. The highest BCUT2D eigenvalue weighted by atomic mass is 16.3. The molecule has 0 spiro atoms. The molecule has 2 nitrogen and oxygen atoms in total. The van der Waals surface area contributed by atoms with E-state index in [1.165, 1.54) is 0 Å². The quantitative estimate of drug-likeness (QED) is 0.599. The van der Waals surface area contributed by atoms with Crippen molar-refractivity contribution < 1.29 is 9.90 Å². The molecule has 1 rings (SSSR count). The van der Waals surface area contributed by atoms with Crippen LogP contribution in [0.4, 0.5) is 0 Å². The van der Waals surface area contributed by atoms with Crippen molar-refractivity contribution >= 4 is 6.29 Å². The molecular weight excluding hydrogens is 152 g/mol. The van der Waals surface area contributed by atoms with Gasteiger partial charge in [-0.05, 0) is 12.5 Å². The number of carbonyl (C=O) groups is 1. The lowest BCUT2D eigenvalue weighted by Crippen LogP contribution is -2.34. The maximum Gasteiger partial charge on any atom is 0.146 e. The Hall–Kier alpha value is -0.890. The number of rotatable bonds is 1. The summed E-state index contributed by atoms with van der Waals surface area (Å²) in [5.74, 6) is 0. The predicted octanol–water partition coefficient (Wildman–Crippen LogP) is 1.46. The van der Waals surface area contributed by atoms with Crippen LogP contribution >= 0.6 is 0 Å². The van der Waals surface area contributed by atoms with Crippen LogP contribution < -0.4 is 0 Å². The fraction of sp³-hybridized carbons (Fsp3) is 0.500. The van der Waals surface area contributed by atoms with Crippen molar-refractivity contribution in [3.05, 3.63) is 23.3 Å². The van der Waals surface area contributed by atoms with Crippen LogP contribution in [0.3, 0.4) is 0 Å².